The molecular formula is C12H8BBrOS. The summed E-state index contributed by atoms with van der Waals surface area (Å²) in [6.07, 6.45) is 0. The normalized spacial score (nSPS) is 11.1. The molecule has 0 spiro atoms. The predicted octanol–water partition coefficient (Wildman–Crippen LogP) is 2.79. The number of rotatable bonds is 1. The molecule has 0 atom stereocenters. The van der Waals surface area contributed by atoms with Crippen LogP contribution in [0.1, 0.15) is 0 Å². The number of fused-ring (bicyclic) bond motifs is 3. The molecule has 1 aromatic heterocycles. The second kappa shape index (κ2) is 3.88. The lowest BCUT2D eigenvalue weighted by atomic mass is 9.88. The van der Waals surface area contributed by atoms with E-state index >= 15 is 0 Å². The van der Waals surface area contributed by atoms with Gasteiger partial charge in [-0.05, 0) is 18.2 Å². The molecule has 0 amide bonds. The number of thiophene rings is 1. The van der Waals surface area contributed by atoms with E-state index in [1.807, 2.05) is 6.07 Å². The predicted molar refractivity (Wildman–Crippen MR) is 76.0 cm³/mol. The van der Waals surface area contributed by atoms with Crippen LogP contribution in [0, 0.1) is 0 Å². The molecule has 1 N–H and O–H groups in total. The van der Waals surface area contributed by atoms with Crippen LogP contribution < -0.4 is 5.46 Å². The van der Waals surface area contributed by atoms with Crippen molar-refractivity contribution in [2.75, 3.05) is 0 Å². The minimum atomic E-state index is 0.105. The van der Waals surface area contributed by atoms with Gasteiger partial charge in [-0.1, -0.05) is 39.6 Å². The molecule has 78 valence electrons. The number of hydrogen-bond acceptors (Lipinski definition) is 2. The van der Waals surface area contributed by atoms with Crippen LogP contribution >= 0.6 is 27.3 Å². The van der Waals surface area contributed by atoms with E-state index in [4.69, 9.17) is 5.02 Å². The molecule has 3 rings (SSSR count). The quantitative estimate of drug-likeness (QED) is 0.684. The van der Waals surface area contributed by atoms with E-state index in [9.17, 15) is 0 Å². The average molecular weight is 291 g/mol. The van der Waals surface area contributed by atoms with Gasteiger partial charge < -0.3 is 5.02 Å². The average Bonchev–Trinajstić information content (AvgIpc) is 2.64. The fourth-order valence-corrected chi connectivity index (χ4v) is 3.62. The van der Waals surface area contributed by atoms with Gasteiger partial charge in [0.1, 0.15) is 0 Å². The maximum absolute atomic E-state index is 9.11. The van der Waals surface area contributed by atoms with Crippen LogP contribution in [0.25, 0.3) is 20.2 Å². The molecule has 0 saturated heterocycles. The lowest BCUT2D eigenvalue weighted by Crippen LogP contribution is -2.11. The van der Waals surface area contributed by atoms with Gasteiger partial charge in [0.2, 0.25) is 0 Å². The Kier molecular flexibility index (Phi) is 2.50. The van der Waals surface area contributed by atoms with E-state index in [1.54, 1.807) is 11.3 Å². The van der Waals surface area contributed by atoms with Crippen LogP contribution in [0.3, 0.4) is 0 Å². The minimum Gasteiger partial charge on any atom is -0.449 e. The van der Waals surface area contributed by atoms with Crippen molar-refractivity contribution in [3.63, 3.8) is 0 Å². The minimum absolute atomic E-state index is 0.105. The first-order chi connectivity index (χ1) is 7.78. The Morgan fingerprint density at radius 1 is 1.00 bits per heavy atom. The Balaban J connectivity index is 2.40. The van der Waals surface area contributed by atoms with Crippen LogP contribution in [-0.2, 0) is 0 Å². The van der Waals surface area contributed by atoms with E-state index in [-0.39, 0.29) is 7.48 Å². The monoisotopic (exact) mass is 290 g/mol. The van der Waals surface area contributed by atoms with E-state index in [2.05, 4.69) is 46.3 Å². The lowest BCUT2D eigenvalue weighted by molar-refractivity contribution is 0.615. The summed E-state index contributed by atoms with van der Waals surface area (Å²) in [5.74, 6) is 0. The molecule has 3 aromatic rings. The molecular weight excluding hydrogens is 283 g/mol. The maximum atomic E-state index is 9.11. The van der Waals surface area contributed by atoms with E-state index < -0.39 is 0 Å². The Labute approximate surface area is 106 Å². The standard InChI is InChI=1S/C12H8BBrOS/c14-8-2-4-10-9-3-1-7(13-15)5-11(9)16-12(10)6-8/h1-6,13,15H. The van der Waals surface area contributed by atoms with Crippen molar-refractivity contribution in [2.24, 2.45) is 0 Å². The summed E-state index contributed by atoms with van der Waals surface area (Å²) < 4.78 is 3.62. The molecule has 2 aromatic carbocycles. The van der Waals surface area contributed by atoms with Gasteiger partial charge in [0, 0.05) is 24.6 Å². The number of hydrogen-bond donors (Lipinski definition) is 1. The van der Waals surface area contributed by atoms with Crippen LogP contribution in [0.2, 0.25) is 0 Å². The number of halogens is 1. The molecule has 1 heterocycles. The molecule has 0 aliphatic heterocycles. The molecule has 0 unspecified atom stereocenters. The first kappa shape index (κ1) is 10.3. The first-order valence-electron chi connectivity index (χ1n) is 4.99. The molecule has 0 fully saturated rings. The summed E-state index contributed by atoms with van der Waals surface area (Å²) in [6, 6.07) is 12.5. The van der Waals surface area contributed by atoms with E-state index in [1.165, 1.54) is 20.2 Å². The lowest BCUT2D eigenvalue weighted by Gasteiger charge is -1.94. The Morgan fingerprint density at radius 3 is 2.44 bits per heavy atom. The topological polar surface area (TPSA) is 20.2 Å². The second-order valence-electron chi connectivity index (χ2n) is 3.73. The highest BCUT2D eigenvalue weighted by atomic mass is 79.9. The molecule has 1 nitrogen and oxygen atoms in total. The molecule has 0 radical (unpaired) electrons. The highest BCUT2D eigenvalue weighted by molar-refractivity contribution is 9.10. The molecule has 0 aliphatic carbocycles. The molecule has 0 bridgehead atoms. The van der Waals surface area contributed by atoms with Gasteiger partial charge in [0.05, 0.1) is 0 Å². The first-order valence-corrected chi connectivity index (χ1v) is 6.60. The summed E-state index contributed by atoms with van der Waals surface area (Å²) in [4.78, 5) is 0. The highest BCUT2D eigenvalue weighted by Crippen LogP contribution is 2.34. The SMILES string of the molecule is OBc1ccc2c(c1)sc1cc(Br)ccc12. The van der Waals surface area contributed by atoms with Crippen LogP contribution in [0.4, 0.5) is 0 Å². The fraction of sp³-hybridized carbons (Fsp3) is 0. The summed E-state index contributed by atoms with van der Waals surface area (Å²) in [7, 11) is 0.105. The smallest absolute Gasteiger partial charge is 0.304 e. The third-order valence-electron chi connectivity index (χ3n) is 2.68. The third kappa shape index (κ3) is 1.58. The van der Waals surface area contributed by atoms with Gasteiger partial charge in [0.25, 0.3) is 0 Å². The zero-order valence-corrected chi connectivity index (χ0v) is 10.8. The molecule has 0 saturated carbocycles. The maximum Gasteiger partial charge on any atom is 0.304 e. The third-order valence-corrected chi connectivity index (χ3v) is 4.29. The number of benzene rings is 2. The van der Waals surface area contributed by atoms with Crippen molar-refractivity contribution in [2.45, 2.75) is 0 Å². The molecule has 4 heteroatoms. The van der Waals surface area contributed by atoms with Gasteiger partial charge in [-0.3, -0.25) is 0 Å². The van der Waals surface area contributed by atoms with E-state index in [0.717, 1.165) is 9.94 Å². The Bertz CT molecular complexity index is 677. The van der Waals surface area contributed by atoms with Gasteiger partial charge in [-0.15, -0.1) is 11.3 Å². The van der Waals surface area contributed by atoms with Crippen molar-refractivity contribution in [1.82, 2.24) is 0 Å². The molecule has 0 aliphatic rings. The largest absolute Gasteiger partial charge is 0.449 e. The summed E-state index contributed by atoms with van der Waals surface area (Å²) in [5.41, 5.74) is 0.970. The zero-order valence-electron chi connectivity index (χ0n) is 8.40. The zero-order chi connectivity index (χ0) is 11.1. The van der Waals surface area contributed by atoms with Crippen molar-refractivity contribution in [3.8, 4) is 0 Å². The van der Waals surface area contributed by atoms with Gasteiger partial charge in [-0.25, -0.2) is 0 Å². The van der Waals surface area contributed by atoms with Crippen molar-refractivity contribution in [3.05, 3.63) is 40.9 Å². The second-order valence-corrected chi connectivity index (χ2v) is 5.73. The van der Waals surface area contributed by atoms with Crippen molar-refractivity contribution < 1.29 is 5.02 Å². The summed E-state index contributed by atoms with van der Waals surface area (Å²) in [6.45, 7) is 0. The van der Waals surface area contributed by atoms with Crippen molar-refractivity contribution >= 4 is 60.4 Å². The Morgan fingerprint density at radius 2 is 1.69 bits per heavy atom. The summed E-state index contributed by atoms with van der Waals surface area (Å²) in [5, 5.41) is 11.7. The molecule has 16 heavy (non-hydrogen) atoms. The van der Waals surface area contributed by atoms with Crippen LogP contribution in [0.5, 0.6) is 0 Å². The van der Waals surface area contributed by atoms with Gasteiger partial charge >= 0.3 is 7.48 Å². The summed E-state index contributed by atoms with van der Waals surface area (Å²) >= 11 is 5.25. The van der Waals surface area contributed by atoms with Gasteiger partial charge in [-0.2, -0.15) is 0 Å². The van der Waals surface area contributed by atoms with Crippen LogP contribution in [0.15, 0.2) is 40.9 Å². The van der Waals surface area contributed by atoms with E-state index in [0.29, 0.717) is 0 Å². The van der Waals surface area contributed by atoms with Gasteiger partial charge in [0.15, 0.2) is 0 Å². The fourth-order valence-electron chi connectivity index (χ4n) is 1.89. The van der Waals surface area contributed by atoms with Crippen molar-refractivity contribution in [1.29, 1.82) is 0 Å². The highest BCUT2D eigenvalue weighted by Gasteiger charge is 2.05. The van der Waals surface area contributed by atoms with Crippen LogP contribution in [-0.4, -0.2) is 12.5 Å². The Hall–Kier alpha value is -0.835.